The first-order chi connectivity index (χ1) is 3.80. The van der Waals surface area contributed by atoms with E-state index < -0.39 is 0 Å². The second-order valence-electron chi connectivity index (χ2n) is 2.72. The van der Waals surface area contributed by atoms with Crippen LogP contribution in [-0.4, -0.2) is 0 Å². The van der Waals surface area contributed by atoms with Crippen LogP contribution in [0.15, 0.2) is 12.2 Å². The van der Waals surface area contributed by atoms with E-state index in [9.17, 15) is 0 Å². The van der Waals surface area contributed by atoms with Crippen LogP contribution in [-0.2, 0) is 0 Å². The first kappa shape index (κ1) is 5.87. The molecule has 1 aliphatic rings. The highest BCUT2D eigenvalue weighted by Gasteiger charge is 2.13. The fourth-order valence-corrected chi connectivity index (χ4v) is 1.09. The molecule has 0 aromatic rings. The topological polar surface area (TPSA) is 0 Å². The average molecular weight is 109 g/mol. The van der Waals surface area contributed by atoms with Crippen molar-refractivity contribution in [3.63, 3.8) is 0 Å². The summed E-state index contributed by atoms with van der Waals surface area (Å²) in [6, 6.07) is 0. The van der Waals surface area contributed by atoms with Crippen LogP contribution in [0.2, 0.25) is 0 Å². The number of hydrogen-bond acceptors (Lipinski definition) is 0. The van der Waals surface area contributed by atoms with Crippen LogP contribution in [0.3, 0.4) is 0 Å². The maximum absolute atomic E-state index is 2.28. The van der Waals surface area contributed by atoms with Gasteiger partial charge in [-0.3, -0.25) is 0 Å². The molecule has 0 bridgehead atoms. The molecule has 0 amide bonds. The number of rotatable bonds is 1. The molecule has 1 aliphatic carbocycles. The molecule has 0 saturated carbocycles. The second kappa shape index (κ2) is 2.34. The quantitative estimate of drug-likeness (QED) is 0.454. The standard InChI is InChI=1S/C8H13/c1-7(2)8-5-3-4-6-8/h3-4,8H,5-6H2,1-2H3. The van der Waals surface area contributed by atoms with Gasteiger partial charge in [0.1, 0.15) is 0 Å². The van der Waals surface area contributed by atoms with Gasteiger partial charge in [0.15, 0.2) is 0 Å². The molecular weight excluding hydrogens is 96.1 g/mol. The third-order valence-corrected chi connectivity index (χ3v) is 1.82. The van der Waals surface area contributed by atoms with Crippen molar-refractivity contribution < 1.29 is 0 Å². The zero-order chi connectivity index (χ0) is 5.98. The van der Waals surface area contributed by atoms with Crippen LogP contribution in [0, 0.1) is 11.8 Å². The van der Waals surface area contributed by atoms with Crippen molar-refractivity contribution >= 4 is 0 Å². The maximum Gasteiger partial charge on any atom is -0.0266 e. The Hall–Kier alpha value is -0.260. The van der Waals surface area contributed by atoms with E-state index in [1.165, 1.54) is 12.8 Å². The summed E-state index contributed by atoms with van der Waals surface area (Å²) >= 11 is 0. The molecule has 45 valence electrons. The zero-order valence-electron chi connectivity index (χ0n) is 5.65. The summed E-state index contributed by atoms with van der Waals surface area (Å²) < 4.78 is 0. The van der Waals surface area contributed by atoms with Gasteiger partial charge in [-0.1, -0.05) is 26.0 Å². The molecule has 1 rings (SSSR count). The minimum atomic E-state index is 0.870. The molecule has 0 unspecified atom stereocenters. The SMILES string of the molecule is C[C](C)C1CC=CC1. The van der Waals surface area contributed by atoms with Gasteiger partial charge in [-0.05, 0) is 24.7 Å². The predicted octanol–water partition coefficient (Wildman–Crippen LogP) is 2.57. The summed E-state index contributed by atoms with van der Waals surface area (Å²) in [5.41, 5.74) is 0. The lowest BCUT2D eigenvalue weighted by molar-refractivity contribution is 0.591. The summed E-state index contributed by atoms with van der Waals surface area (Å²) in [6.07, 6.45) is 7.11. The van der Waals surface area contributed by atoms with Crippen molar-refractivity contribution in [1.29, 1.82) is 0 Å². The lowest BCUT2D eigenvalue weighted by Gasteiger charge is -2.11. The highest BCUT2D eigenvalue weighted by Crippen LogP contribution is 2.26. The molecule has 0 heteroatoms. The lowest BCUT2D eigenvalue weighted by atomic mass is 9.94. The normalized spacial score (nSPS) is 20.9. The van der Waals surface area contributed by atoms with Gasteiger partial charge in [0.05, 0.1) is 0 Å². The van der Waals surface area contributed by atoms with Gasteiger partial charge < -0.3 is 0 Å². The molecule has 0 atom stereocenters. The van der Waals surface area contributed by atoms with Gasteiger partial charge in [0, 0.05) is 0 Å². The van der Waals surface area contributed by atoms with Gasteiger partial charge in [-0.2, -0.15) is 0 Å². The minimum absolute atomic E-state index is 0.870. The highest BCUT2D eigenvalue weighted by molar-refractivity contribution is 5.03. The van der Waals surface area contributed by atoms with E-state index >= 15 is 0 Å². The fraction of sp³-hybridized carbons (Fsp3) is 0.625. The van der Waals surface area contributed by atoms with E-state index in [0.717, 1.165) is 5.92 Å². The molecule has 8 heavy (non-hydrogen) atoms. The minimum Gasteiger partial charge on any atom is -0.0882 e. The molecule has 0 N–H and O–H groups in total. The maximum atomic E-state index is 2.28. The molecule has 0 nitrogen and oxygen atoms in total. The average Bonchev–Trinajstić information content (AvgIpc) is 2.12. The Labute approximate surface area is 51.6 Å². The Kier molecular flexibility index (Phi) is 1.72. The molecular formula is C8H13. The van der Waals surface area contributed by atoms with Crippen molar-refractivity contribution in [2.75, 3.05) is 0 Å². The Balaban J connectivity index is 2.29. The Morgan fingerprint density at radius 1 is 1.25 bits per heavy atom. The summed E-state index contributed by atoms with van der Waals surface area (Å²) in [6.45, 7) is 4.44. The van der Waals surface area contributed by atoms with Gasteiger partial charge in [0.2, 0.25) is 0 Å². The fourth-order valence-electron chi connectivity index (χ4n) is 1.09. The van der Waals surface area contributed by atoms with Crippen molar-refractivity contribution in [2.45, 2.75) is 26.7 Å². The van der Waals surface area contributed by atoms with E-state index in [1.807, 2.05) is 0 Å². The molecule has 0 aromatic carbocycles. The summed E-state index contributed by atoms with van der Waals surface area (Å²) in [4.78, 5) is 0. The van der Waals surface area contributed by atoms with Crippen LogP contribution in [0.1, 0.15) is 26.7 Å². The monoisotopic (exact) mass is 109 g/mol. The van der Waals surface area contributed by atoms with E-state index in [0.29, 0.717) is 0 Å². The van der Waals surface area contributed by atoms with Crippen LogP contribution in [0.4, 0.5) is 0 Å². The molecule has 0 aromatic heterocycles. The highest BCUT2D eigenvalue weighted by atomic mass is 14.2. The largest absolute Gasteiger partial charge is 0.0882 e. The Morgan fingerprint density at radius 2 is 1.75 bits per heavy atom. The van der Waals surface area contributed by atoms with Crippen LogP contribution in [0.25, 0.3) is 0 Å². The van der Waals surface area contributed by atoms with Crippen molar-refractivity contribution in [1.82, 2.24) is 0 Å². The van der Waals surface area contributed by atoms with E-state index in [1.54, 1.807) is 5.92 Å². The third kappa shape index (κ3) is 1.12. The first-order valence-electron chi connectivity index (χ1n) is 3.26. The van der Waals surface area contributed by atoms with Gasteiger partial charge in [0.25, 0.3) is 0 Å². The third-order valence-electron chi connectivity index (χ3n) is 1.82. The second-order valence-corrected chi connectivity index (χ2v) is 2.72. The smallest absolute Gasteiger partial charge is 0.0266 e. The zero-order valence-corrected chi connectivity index (χ0v) is 5.65. The van der Waals surface area contributed by atoms with E-state index in [4.69, 9.17) is 0 Å². The Morgan fingerprint density at radius 3 is 2.00 bits per heavy atom. The molecule has 1 radical (unpaired) electrons. The van der Waals surface area contributed by atoms with Gasteiger partial charge in [-0.15, -0.1) is 0 Å². The van der Waals surface area contributed by atoms with Crippen molar-refractivity contribution in [3.8, 4) is 0 Å². The summed E-state index contributed by atoms with van der Waals surface area (Å²) in [5, 5.41) is 0. The molecule has 0 spiro atoms. The van der Waals surface area contributed by atoms with Gasteiger partial charge >= 0.3 is 0 Å². The summed E-state index contributed by atoms with van der Waals surface area (Å²) in [7, 11) is 0. The van der Waals surface area contributed by atoms with E-state index in [2.05, 4.69) is 26.0 Å². The molecule has 0 heterocycles. The molecule has 0 saturated heterocycles. The predicted molar refractivity (Wildman–Crippen MR) is 36.5 cm³/mol. The summed E-state index contributed by atoms with van der Waals surface area (Å²) in [5.74, 6) is 2.45. The van der Waals surface area contributed by atoms with Gasteiger partial charge in [-0.25, -0.2) is 0 Å². The molecule has 0 fully saturated rings. The molecule has 0 aliphatic heterocycles. The number of allylic oxidation sites excluding steroid dienone is 2. The number of hydrogen-bond donors (Lipinski definition) is 0. The van der Waals surface area contributed by atoms with E-state index in [-0.39, 0.29) is 0 Å². The van der Waals surface area contributed by atoms with Crippen molar-refractivity contribution in [3.05, 3.63) is 18.1 Å². The van der Waals surface area contributed by atoms with Crippen LogP contribution in [0.5, 0.6) is 0 Å². The van der Waals surface area contributed by atoms with Crippen LogP contribution >= 0.6 is 0 Å². The Bertz CT molecular complexity index is 82.2. The van der Waals surface area contributed by atoms with Crippen molar-refractivity contribution in [2.24, 2.45) is 5.92 Å². The lowest BCUT2D eigenvalue weighted by Crippen LogP contribution is -1.99. The first-order valence-corrected chi connectivity index (χ1v) is 3.26. The van der Waals surface area contributed by atoms with Crippen LogP contribution < -0.4 is 0 Å².